The Hall–Kier alpha value is -1.44. The monoisotopic (exact) mass is 542 g/mol. The van der Waals surface area contributed by atoms with E-state index in [1.807, 2.05) is 42.5 Å². The standard InChI is InChI=1S/C31H46O4SSi/c1-22(2)37(23(3)4,24(5)6)35-28-17-27(19-31(32)36-30-15-13-25(7)14-16-30)34-29(18-28)21-33-20-26-11-9-8-10-12-26/h8-16,22-24,27-29H,17-21H2,1-7H3/t27-,28+,29+/m0/s1. The second-order valence-corrected chi connectivity index (χ2v) is 17.9. The van der Waals surface area contributed by atoms with E-state index in [9.17, 15) is 4.79 Å². The first-order chi connectivity index (χ1) is 17.6. The van der Waals surface area contributed by atoms with Crippen LogP contribution in [-0.2, 0) is 25.3 Å². The fourth-order valence-corrected chi connectivity index (χ4v) is 12.3. The first kappa shape index (κ1) is 30.1. The lowest BCUT2D eigenvalue weighted by Crippen LogP contribution is -2.53. The van der Waals surface area contributed by atoms with Crippen LogP contribution in [0.1, 0.15) is 71.9 Å². The molecule has 2 aromatic carbocycles. The molecule has 0 amide bonds. The van der Waals surface area contributed by atoms with Crippen molar-refractivity contribution >= 4 is 25.2 Å². The minimum Gasteiger partial charge on any atom is -0.413 e. The number of thioether (sulfide) groups is 1. The van der Waals surface area contributed by atoms with E-state index in [1.54, 1.807) is 0 Å². The molecule has 1 aliphatic rings. The van der Waals surface area contributed by atoms with Gasteiger partial charge in [-0.1, -0.05) is 101 Å². The summed E-state index contributed by atoms with van der Waals surface area (Å²) >= 11 is 1.31. The van der Waals surface area contributed by atoms with Crippen molar-refractivity contribution in [2.45, 2.75) is 114 Å². The molecule has 3 atom stereocenters. The van der Waals surface area contributed by atoms with Crippen LogP contribution in [0.25, 0.3) is 0 Å². The Kier molecular flexibility index (Phi) is 11.5. The van der Waals surface area contributed by atoms with Crippen LogP contribution < -0.4 is 0 Å². The minimum atomic E-state index is -2.05. The normalized spacial score (nSPS) is 20.6. The molecular weight excluding hydrogens is 496 g/mol. The van der Waals surface area contributed by atoms with Crippen LogP contribution in [0, 0.1) is 6.92 Å². The maximum Gasteiger partial charge on any atom is 0.200 e. The molecule has 4 nitrogen and oxygen atoms in total. The number of hydrogen-bond acceptors (Lipinski definition) is 5. The van der Waals surface area contributed by atoms with E-state index >= 15 is 0 Å². The van der Waals surface area contributed by atoms with Gasteiger partial charge in [0.05, 0.1) is 31.5 Å². The maximum atomic E-state index is 13.0. The lowest BCUT2D eigenvalue weighted by atomic mass is 10.00. The molecule has 6 heteroatoms. The van der Waals surface area contributed by atoms with Gasteiger partial charge in [-0.15, -0.1) is 0 Å². The van der Waals surface area contributed by atoms with Gasteiger partial charge in [0.2, 0.25) is 8.32 Å². The Morgan fingerprint density at radius 1 is 0.919 bits per heavy atom. The highest BCUT2D eigenvalue weighted by Gasteiger charge is 2.48. The number of benzene rings is 2. The summed E-state index contributed by atoms with van der Waals surface area (Å²) in [7, 11) is -2.05. The number of carbonyl (C=O) groups is 1. The van der Waals surface area contributed by atoms with Gasteiger partial charge in [-0.05, 0) is 47.7 Å². The summed E-state index contributed by atoms with van der Waals surface area (Å²) in [4.78, 5) is 14.0. The summed E-state index contributed by atoms with van der Waals surface area (Å²) < 4.78 is 19.7. The first-order valence-corrected chi connectivity index (χ1v) is 16.8. The quantitative estimate of drug-likeness (QED) is 0.199. The SMILES string of the molecule is Cc1ccc(SC(=O)C[C@@H]2C[C@@H](O[Si](C(C)C)(C(C)C)C(C)C)C[C@H](COCc3ccccc3)O2)cc1. The molecule has 2 aromatic rings. The van der Waals surface area contributed by atoms with Gasteiger partial charge in [-0.2, -0.15) is 0 Å². The van der Waals surface area contributed by atoms with Gasteiger partial charge < -0.3 is 13.9 Å². The van der Waals surface area contributed by atoms with Crippen molar-refractivity contribution < 1.29 is 18.7 Å². The van der Waals surface area contributed by atoms with Gasteiger partial charge in [-0.25, -0.2) is 0 Å². The second-order valence-electron chi connectivity index (χ2n) is 11.4. The molecular formula is C31H46O4SSi. The molecule has 204 valence electrons. The molecule has 1 heterocycles. The van der Waals surface area contributed by atoms with Crippen molar-refractivity contribution in [3.8, 4) is 0 Å². The average Bonchev–Trinajstić information content (AvgIpc) is 2.84. The van der Waals surface area contributed by atoms with Crippen LogP contribution in [0.5, 0.6) is 0 Å². The third kappa shape index (κ3) is 8.52. The van der Waals surface area contributed by atoms with Crippen LogP contribution in [0.3, 0.4) is 0 Å². The van der Waals surface area contributed by atoms with Gasteiger partial charge in [0.25, 0.3) is 0 Å². The van der Waals surface area contributed by atoms with Crippen molar-refractivity contribution in [3.05, 3.63) is 65.7 Å². The van der Waals surface area contributed by atoms with Gasteiger partial charge >= 0.3 is 0 Å². The molecule has 3 rings (SSSR count). The molecule has 0 radical (unpaired) electrons. The Morgan fingerprint density at radius 3 is 2.11 bits per heavy atom. The molecule has 0 aliphatic carbocycles. The average molecular weight is 543 g/mol. The third-order valence-electron chi connectivity index (χ3n) is 7.58. The second kappa shape index (κ2) is 14.1. The Labute approximate surface area is 230 Å². The summed E-state index contributed by atoms with van der Waals surface area (Å²) in [5.41, 5.74) is 3.89. The lowest BCUT2D eigenvalue weighted by molar-refractivity contribution is -0.132. The van der Waals surface area contributed by atoms with Crippen molar-refractivity contribution in [1.82, 2.24) is 0 Å². The van der Waals surface area contributed by atoms with Gasteiger partial charge in [0.1, 0.15) is 0 Å². The Balaban J connectivity index is 1.70. The fraction of sp³-hybridized carbons (Fsp3) is 0.581. The van der Waals surface area contributed by atoms with Crippen LogP contribution >= 0.6 is 11.8 Å². The highest BCUT2D eigenvalue weighted by molar-refractivity contribution is 8.13. The predicted octanol–water partition coefficient (Wildman–Crippen LogP) is 8.33. The molecule has 0 spiro atoms. The molecule has 0 saturated carbocycles. The van der Waals surface area contributed by atoms with E-state index in [4.69, 9.17) is 13.9 Å². The number of aryl methyl sites for hydroxylation is 1. The van der Waals surface area contributed by atoms with Crippen molar-refractivity contribution in [2.75, 3.05) is 6.61 Å². The zero-order chi connectivity index (χ0) is 27.0. The maximum absolute atomic E-state index is 13.0. The van der Waals surface area contributed by atoms with E-state index in [0.29, 0.717) is 36.3 Å². The van der Waals surface area contributed by atoms with E-state index in [0.717, 1.165) is 23.3 Å². The zero-order valence-electron chi connectivity index (χ0n) is 23.7. The number of rotatable bonds is 12. The Bertz CT molecular complexity index is 939. The zero-order valence-corrected chi connectivity index (χ0v) is 25.6. The van der Waals surface area contributed by atoms with Gasteiger partial charge in [0, 0.05) is 17.7 Å². The summed E-state index contributed by atoms with van der Waals surface area (Å²) in [6, 6.07) is 18.3. The number of carbonyl (C=O) groups excluding carboxylic acids is 1. The molecule has 1 fully saturated rings. The van der Waals surface area contributed by atoms with E-state index in [2.05, 4.69) is 60.6 Å². The Morgan fingerprint density at radius 2 is 1.51 bits per heavy atom. The summed E-state index contributed by atoms with van der Waals surface area (Å²) in [5.74, 6) is 0. The van der Waals surface area contributed by atoms with Crippen molar-refractivity contribution in [3.63, 3.8) is 0 Å². The lowest BCUT2D eigenvalue weighted by Gasteiger charge is -2.47. The minimum absolute atomic E-state index is 0.0807. The summed E-state index contributed by atoms with van der Waals surface area (Å²) in [5, 5.41) is 0.138. The summed E-state index contributed by atoms with van der Waals surface area (Å²) in [6.07, 6.45) is 1.80. The van der Waals surface area contributed by atoms with Crippen LogP contribution in [0.2, 0.25) is 16.6 Å². The molecule has 37 heavy (non-hydrogen) atoms. The van der Waals surface area contributed by atoms with Crippen LogP contribution in [-0.4, -0.2) is 38.4 Å². The third-order valence-corrected chi connectivity index (χ3v) is 14.6. The largest absolute Gasteiger partial charge is 0.413 e. The van der Waals surface area contributed by atoms with Gasteiger partial charge in [-0.3, -0.25) is 4.79 Å². The van der Waals surface area contributed by atoms with Crippen molar-refractivity contribution in [2.24, 2.45) is 0 Å². The number of ether oxygens (including phenoxy) is 2. The van der Waals surface area contributed by atoms with Crippen LogP contribution in [0.4, 0.5) is 0 Å². The van der Waals surface area contributed by atoms with E-state index < -0.39 is 8.32 Å². The molecule has 0 N–H and O–H groups in total. The van der Waals surface area contributed by atoms with E-state index in [-0.39, 0.29) is 23.4 Å². The number of hydrogen-bond donors (Lipinski definition) is 0. The fourth-order valence-electron chi connectivity index (χ4n) is 5.95. The molecule has 1 aliphatic heterocycles. The highest BCUT2D eigenvalue weighted by atomic mass is 32.2. The molecule has 0 unspecified atom stereocenters. The van der Waals surface area contributed by atoms with Crippen LogP contribution in [0.15, 0.2) is 59.5 Å². The smallest absolute Gasteiger partial charge is 0.200 e. The molecule has 0 aromatic heterocycles. The topological polar surface area (TPSA) is 44.8 Å². The summed E-state index contributed by atoms with van der Waals surface area (Å²) in [6.45, 7) is 17.1. The predicted molar refractivity (Wildman–Crippen MR) is 157 cm³/mol. The highest BCUT2D eigenvalue weighted by Crippen LogP contribution is 2.44. The molecule has 1 saturated heterocycles. The van der Waals surface area contributed by atoms with Crippen molar-refractivity contribution in [1.29, 1.82) is 0 Å². The first-order valence-electron chi connectivity index (χ1n) is 13.8. The van der Waals surface area contributed by atoms with Gasteiger partial charge in [0.15, 0.2) is 5.12 Å². The van der Waals surface area contributed by atoms with E-state index in [1.165, 1.54) is 17.3 Å². The molecule has 0 bridgehead atoms.